The number of ether oxygens (including phenoxy) is 1. The largest absolute Gasteiger partial charge is 0.496 e. The number of nitrogens with zero attached hydrogens (tertiary/aromatic N) is 1. The number of thiazole rings is 1. The molecule has 100 valence electrons. The number of anilines is 1. The summed E-state index contributed by atoms with van der Waals surface area (Å²) >= 11 is 1.51. The molecule has 0 aliphatic heterocycles. The molecular weight excluding hydrogens is 262 g/mol. The quantitative estimate of drug-likeness (QED) is 0.838. The van der Waals surface area contributed by atoms with Crippen molar-refractivity contribution in [3.63, 3.8) is 0 Å². The predicted octanol–water partition coefficient (Wildman–Crippen LogP) is 1.97. The maximum Gasteiger partial charge on any atom is 0.257 e. The Labute approximate surface area is 115 Å². The van der Waals surface area contributed by atoms with Crippen LogP contribution in [0.5, 0.6) is 5.75 Å². The molecule has 0 aliphatic rings. The fourth-order valence-corrected chi connectivity index (χ4v) is 2.42. The number of hydrogen-bond donors (Lipinski definition) is 2. The highest BCUT2D eigenvalue weighted by molar-refractivity contribution is 7.09. The van der Waals surface area contributed by atoms with E-state index in [1.165, 1.54) is 18.4 Å². The third-order valence-electron chi connectivity index (χ3n) is 2.76. The van der Waals surface area contributed by atoms with E-state index in [1.54, 1.807) is 23.7 Å². The summed E-state index contributed by atoms with van der Waals surface area (Å²) in [7, 11) is 1.51. The van der Waals surface area contributed by atoms with E-state index in [2.05, 4.69) is 10.3 Å². The van der Waals surface area contributed by atoms with Crippen molar-refractivity contribution in [1.82, 2.24) is 10.3 Å². The lowest BCUT2D eigenvalue weighted by Crippen LogP contribution is -2.24. The fraction of sp³-hybridized carbons (Fsp3) is 0.231. The Morgan fingerprint density at radius 3 is 2.95 bits per heavy atom. The van der Waals surface area contributed by atoms with Crippen LogP contribution in [0.25, 0.3) is 0 Å². The van der Waals surface area contributed by atoms with Gasteiger partial charge in [0.25, 0.3) is 5.91 Å². The van der Waals surface area contributed by atoms with Gasteiger partial charge >= 0.3 is 0 Å². The van der Waals surface area contributed by atoms with Crippen LogP contribution in [0.15, 0.2) is 23.7 Å². The van der Waals surface area contributed by atoms with Crippen molar-refractivity contribution >= 4 is 22.9 Å². The molecule has 0 radical (unpaired) electrons. The molecule has 0 aliphatic carbocycles. The first-order valence-electron chi connectivity index (χ1n) is 5.73. The molecule has 2 aromatic rings. The number of nitrogen functional groups attached to an aromatic ring is 1. The third kappa shape index (κ3) is 2.85. The van der Waals surface area contributed by atoms with Crippen molar-refractivity contribution < 1.29 is 9.53 Å². The summed E-state index contributed by atoms with van der Waals surface area (Å²) in [6.07, 6.45) is 0. The van der Waals surface area contributed by atoms with Crippen LogP contribution in [0.3, 0.4) is 0 Å². The van der Waals surface area contributed by atoms with E-state index in [9.17, 15) is 4.79 Å². The molecule has 19 heavy (non-hydrogen) atoms. The molecular formula is C13H15N3O2S. The van der Waals surface area contributed by atoms with Crippen molar-refractivity contribution in [2.45, 2.75) is 13.5 Å². The molecule has 1 aromatic carbocycles. The normalized spacial score (nSPS) is 10.2. The number of rotatable bonds is 4. The Hall–Kier alpha value is -2.08. The van der Waals surface area contributed by atoms with Gasteiger partial charge in [0.1, 0.15) is 11.3 Å². The van der Waals surface area contributed by atoms with Crippen molar-refractivity contribution in [3.05, 3.63) is 39.8 Å². The van der Waals surface area contributed by atoms with Gasteiger partial charge in [-0.25, -0.2) is 4.98 Å². The minimum atomic E-state index is -0.247. The smallest absolute Gasteiger partial charge is 0.257 e. The Bertz CT molecular complexity index is 595. The molecule has 1 amide bonds. The summed E-state index contributed by atoms with van der Waals surface area (Å²) in [4.78, 5) is 17.3. The number of methoxy groups -OCH3 is 1. The summed E-state index contributed by atoms with van der Waals surface area (Å²) in [6, 6.07) is 5.14. The van der Waals surface area contributed by atoms with Crippen LogP contribution in [0.1, 0.15) is 20.9 Å². The van der Waals surface area contributed by atoms with Crippen LogP contribution in [0.4, 0.5) is 5.69 Å². The second-order valence-corrected chi connectivity index (χ2v) is 4.91. The second-order valence-electron chi connectivity index (χ2n) is 3.97. The van der Waals surface area contributed by atoms with Crippen LogP contribution < -0.4 is 15.8 Å². The number of hydrogen-bond acceptors (Lipinski definition) is 5. The van der Waals surface area contributed by atoms with E-state index in [0.717, 1.165) is 10.6 Å². The van der Waals surface area contributed by atoms with Gasteiger partial charge in [-0.1, -0.05) is 6.07 Å². The minimum absolute atomic E-state index is 0.247. The monoisotopic (exact) mass is 277 g/mol. The highest BCUT2D eigenvalue weighted by Gasteiger charge is 2.15. The number of nitrogens with two attached hydrogens (primary N) is 1. The van der Waals surface area contributed by atoms with Gasteiger partial charge in [0.2, 0.25) is 0 Å². The molecule has 5 nitrogen and oxygen atoms in total. The Morgan fingerprint density at radius 1 is 1.53 bits per heavy atom. The van der Waals surface area contributed by atoms with Gasteiger partial charge in [-0.05, 0) is 19.1 Å². The van der Waals surface area contributed by atoms with E-state index in [-0.39, 0.29) is 5.91 Å². The van der Waals surface area contributed by atoms with Crippen molar-refractivity contribution in [3.8, 4) is 5.75 Å². The second kappa shape index (κ2) is 5.71. The van der Waals surface area contributed by atoms with Crippen molar-refractivity contribution in [2.75, 3.05) is 12.8 Å². The van der Waals surface area contributed by atoms with E-state index >= 15 is 0 Å². The van der Waals surface area contributed by atoms with Gasteiger partial charge in [0.15, 0.2) is 0 Å². The lowest BCUT2D eigenvalue weighted by molar-refractivity contribution is 0.0949. The van der Waals surface area contributed by atoms with Crippen LogP contribution in [0.2, 0.25) is 0 Å². The summed E-state index contributed by atoms with van der Waals surface area (Å²) in [5.74, 6) is 0.223. The van der Waals surface area contributed by atoms with E-state index in [1.807, 2.05) is 6.92 Å². The zero-order chi connectivity index (χ0) is 13.8. The average Bonchev–Trinajstić information content (AvgIpc) is 2.81. The van der Waals surface area contributed by atoms with Gasteiger partial charge in [-0.2, -0.15) is 0 Å². The molecule has 3 N–H and O–H groups in total. The molecule has 0 saturated carbocycles. The van der Waals surface area contributed by atoms with Crippen LogP contribution in [0, 0.1) is 6.92 Å². The van der Waals surface area contributed by atoms with Gasteiger partial charge in [-0.3, -0.25) is 4.79 Å². The first-order valence-corrected chi connectivity index (χ1v) is 6.61. The molecule has 6 heteroatoms. The van der Waals surface area contributed by atoms with Crippen molar-refractivity contribution in [2.24, 2.45) is 0 Å². The van der Waals surface area contributed by atoms with Crippen LogP contribution in [-0.2, 0) is 6.54 Å². The summed E-state index contributed by atoms with van der Waals surface area (Å²) in [5, 5.41) is 2.83. The number of aryl methyl sites for hydroxylation is 1. The molecule has 0 unspecified atom stereocenters. The van der Waals surface area contributed by atoms with E-state index in [4.69, 9.17) is 10.5 Å². The molecule has 0 fully saturated rings. The molecule has 0 bridgehead atoms. The highest BCUT2D eigenvalue weighted by Crippen LogP contribution is 2.24. The third-order valence-corrected chi connectivity index (χ3v) is 3.69. The van der Waals surface area contributed by atoms with Crippen LogP contribution in [-0.4, -0.2) is 18.0 Å². The molecule has 2 rings (SSSR count). The number of benzene rings is 1. The maximum atomic E-state index is 12.2. The Kier molecular flexibility index (Phi) is 4.01. The van der Waals surface area contributed by atoms with E-state index in [0.29, 0.717) is 23.5 Å². The molecule has 1 aromatic heterocycles. The summed E-state index contributed by atoms with van der Waals surface area (Å²) in [6.45, 7) is 2.35. The van der Waals surface area contributed by atoms with Crippen molar-refractivity contribution in [1.29, 1.82) is 0 Å². The number of aromatic nitrogens is 1. The number of carbonyl (C=O) groups is 1. The highest BCUT2D eigenvalue weighted by atomic mass is 32.1. The topological polar surface area (TPSA) is 77.2 Å². The molecule has 0 spiro atoms. The van der Waals surface area contributed by atoms with Gasteiger partial charge in [0, 0.05) is 10.6 Å². The SMILES string of the molecule is COc1cccc(N)c1C(=O)NCc1scnc1C. The maximum absolute atomic E-state index is 12.2. The number of nitrogens with one attached hydrogen (secondary N) is 1. The summed E-state index contributed by atoms with van der Waals surface area (Å²) in [5.41, 5.74) is 9.28. The molecule has 1 heterocycles. The first kappa shape index (κ1) is 13.4. The lowest BCUT2D eigenvalue weighted by atomic mass is 10.1. The molecule has 0 atom stereocenters. The van der Waals surface area contributed by atoms with E-state index < -0.39 is 0 Å². The van der Waals surface area contributed by atoms with Gasteiger partial charge < -0.3 is 15.8 Å². The van der Waals surface area contributed by atoms with Gasteiger partial charge in [-0.15, -0.1) is 11.3 Å². The predicted molar refractivity (Wildman–Crippen MR) is 75.4 cm³/mol. The van der Waals surface area contributed by atoms with Crippen LogP contribution >= 0.6 is 11.3 Å². The van der Waals surface area contributed by atoms with Gasteiger partial charge in [0.05, 0.1) is 24.9 Å². The fourth-order valence-electron chi connectivity index (χ4n) is 1.71. The first-order chi connectivity index (χ1) is 9.13. The minimum Gasteiger partial charge on any atom is -0.496 e. The Balaban J connectivity index is 2.14. The summed E-state index contributed by atoms with van der Waals surface area (Å²) < 4.78 is 5.16. The number of carbonyl (C=O) groups excluding carboxylic acids is 1. The Morgan fingerprint density at radius 2 is 2.32 bits per heavy atom. The zero-order valence-electron chi connectivity index (χ0n) is 10.8. The standard InChI is InChI=1S/C13H15N3O2S/c1-8-11(19-7-16-8)6-15-13(17)12-9(14)4-3-5-10(12)18-2/h3-5,7H,6,14H2,1-2H3,(H,15,17). The molecule has 0 saturated heterocycles. The number of amides is 1. The average molecular weight is 277 g/mol. The zero-order valence-corrected chi connectivity index (χ0v) is 11.6. The lowest BCUT2D eigenvalue weighted by Gasteiger charge is -2.11.